The zero-order valence-corrected chi connectivity index (χ0v) is 15.7. The maximum Gasteiger partial charge on any atom is 0.216 e. The van der Waals surface area contributed by atoms with Gasteiger partial charge in [0.15, 0.2) is 17.4 Å². The number of benzene rings is 3. The van der Waals surface area contributed by atoms with E-state index >= 15 is 0 Å². The van der Waals surface area contributed by atoms with Crippen LogP contribution in [0.25, 0.3) is 55.1 Å². The molecule has 0 saturated heterocycles. The van der Waals surface area contributed by atoms with Crippen molar-refractivity contribution in [2.45, 2.75) is 6.92 Å². The number of aryl methyl sites for hydroxylation is 2. The van der Waals surface area contributed by atoms with Gasteiger partial charge in [0.2, 0.25) is 5.69 Å². The quantitative estimate of drug-likeness (QED) is 0.321. The fourth-order valence-electron chi connectivity index (χ4n) is 4.28. The minimum Gasteiger partial charge on any atom is -0.452 e. The molecule has 0 aliphatic rings. The molecule has 0 unspecified atom stereocenters. The summed E-state index contributed by atoms with van der Waals surface area (Å²) in [6, 6.07) is 23.0. The third-order valence-corrected chi connectivity index (χ3v) is 5.67. The smallest absolute Gasteiger partial charge is 0.216 e. The molecule has 0 bridgehead atoms. The Balaban J connectivity index is 1.80. The zero-order valence-electron chi connectivity index (χ0n) is 15.7. The van der Waals surface area contributed by atoms with E-state index in [9.17, 15) is 0 Å². The molecule has 0 amide bonds. The van der Waals surface area contributed by atoms with Crippen LogP contribution < -0.4 is 4.57 Å². The van der Waals surface area contributed by atoms with E-state index in [1.807, 2.05) is 24.3 Å². The van der Waals surface area contributed by atoms with Gasteiger partial charge < -0.3 is 8.83 Å². The predicted octanol–water partition coefficient (Wildman–Crippen LogP) is 6.29. The van der Waals surface area contributed by atoms with Crippen LogP contribution in [0.15, 0.2) is 81.8 Å². The van der Waals surface area contributed by atoms with Crippen molar-refractivity contribution in [3.63, 3.8) is 0 Å². The molecular formula is C25H18NO2+. The van der Waals surface area contributed by atoms with Gasteiger partial charge in [0.05, 0.1) is 5.56 Å². The van der Waals surface area contributed by atoms with Crippen molar-refractivity contribution in [3.8, 4) is 11.3 Å². The van der Waals surface area contributed by atoms with E-state index < -0.39 is 0 Å². The molecule has 6 rings (SSSR count). The van der Waals surface area contributed by atoms with Gasteiger partial charge in [0.25, 0.3) is 0 Å². The highest BCUT2D eigenvalue weighted by atomic mass is 16.4. The highest BCUT2D eigenvalue weighted by Crippen LogP contribution is 2.41. The molecule has 3 heteroatoms. The third-order valence-electron chi connectivity index (χ3n) is 5.67. The first kappa shape index (κ1) is 15.5. The van der Waals surface area contributed by atoms with E-state index in [0.29, 0.717) is 0 Å². The fourth-order valence-corrected chi connectivity index (χ4v) is 4.28. The summed E-state index contributed by atoms with van der Waals surface area (Å²) >= 11 is 0. The number of furan rings is 2. The van der Waals surface area contributed by atoms with E-state index in [4.69, 9.17) is 8.83 Å². The summed E-state index contributed by atoms with van der Waals surface area (Å²) in [5.74, 6) is 0. The van der Waals surface area contributed by atoms with Crippen LogP contribution in [0.3, 0.4) is 0 Å². The Bertz CT molecular complexity index is 1530. The summed E-state index contributed by atoms with van der Waals surface area (Å²) in [4.78, 5) is 0. The van der Waals surface area contributed by atoms with E-state index in [-0.39, 0.29) is 0 Å². The Morgan fingerprint density at radius 3 is 2.18 bits per heavy atom. The van der Waals surface area contributed by atoms with Crippen molar-refractivity contribution < 1.29 is 13.4 Å². The summed E-state index contributed by atoms with van der Waals surface area (Å²) in [6.07, 6.45) is 2.06. The van der Waals surface area contributed by atoms with Gasteiger partial charge in [-0.25, -0.2) is 4.57 Å². The molecule has 3 aromatic carbocycles. The number of hydrogen-bond donors (Lipinski definition) is 0. The van der Waals surface area contributed by atoms with Crippen LogP contribution >= 0.6 is 0 Å². The number of pyridine rings is 1. The molecule has 0 fully saturated rings. The van der Waals surface area contributed by atoms with Gasteiger partial charge in [-0.2, -0.15) is 0 Å². The van der Waals surface area contributed by atoms with E-state index in [2.05, 4.69) is 67.2 Å². The molecule has 0 atom stereocenters. The SMILES string of the molecule is Cc1ccc2c(oc3c2ccc2c4ccccc4oc23)c1-c1cccc[n+]1C. The number of rotatable bonds is 1. The Morgan fingerprint density at radius 1 is 0.643 bits per heavy atom. The third kappa shape index (κ3) is 1.96. The zero-order chi connectivity index (χ0) is 18.8. The van der Waals surface area contributed by atoms with E-state index in [0.717, 1.165) is 55.1 Å². The number of para-hydroxylation sites is 1. The molecule has 28 heavy (non-hydrogen) atoms. The summed E-state index contributed by atoms with van der Waals surface area (Å²) in [6.45, 7) is 2.13. The first-order chi connectivity index (χ1) is 13.7. The van der Waals surface area contributed by atoms with Crippen molar-refractivity contribution in [2.24, 2.45) is 7.05 Å². The van der Waals surface area contributed by atoms with Crippen LogP contribution in [-0.4, -0.2) is 0 Å². The molecule has 0 aliphatic heterocycles. The van der Waals surface area contributed by atoms with Gasteiger partial charge in [0.1, 0.15) is 18.2 Å². The average Bonchev–Trinajstić information content (AvgIpc) is 3.27. The minimum absolute atomic E-state index is 0.814. The maximum atomic E-state index is 6.51. The summed E-state index contributed by atoms with van der Waals surface area (Å²) in [5, 5.41) is 4.40. The summed E-state index contributed by atoms with van der Waals surface area (Å²) in [5.41, 5.74) is 6.87. The van der Waals surface area contributed by atoms with Crippen molar-refractivity contribution in [3.05, 3.63) is 78.5 Å². The molecule has 3 heterocycles. The number of hydrogen-bond acceptors (Lipinski definition) is 2. The lowest BCUT2D eigenvalue weighted by atomic mass is 10.0. The van der Waals surface area contributed by atoms with Gasteiger partial charge in [0, 0.05) is 33.7 Å². The van der Waals surface area contributed by atoms with Crippen LogP contribution in [-0.2, 0) is 7.05 Å². The lowest BCUT2D eigenvalue weighted by molar-refractivity contribution is -0.660. The topological polar surface area (TPSA) is 30.2 Å². The van der Waals surface area contributed by atoms with Gasteiger partial charge in [-0.3, -0.25) is 0 Å². The molecule has 0 spiro atoms. The molecule has 3 aromatic heterocycles. The molecule has 3 nitrogen and oxygen atoms in total. The second kappa shape index (κ2) is 5.46. The molecule has 6 aromatic rings. The van der Waals surface area contributed by atoms with Gasteiger partial charge in [-0.15, -0.1) is 0 Å². The lowest BCUT2D eigenvalue weighted by Gasteiger charge is -2.04. The predicted molar refractivity (Wildman–Crippen MR) is 112 cm³/mol. The number of nitrogens with zero attached hydrogens (tertiary/aromatic N) is 1. The van der Waals surface area contributed by atoms with E-state index in [1.165, 1.54) is 5.56 Å². The maximum absolute atomic E-state index is 6.51. The van der Waals surface area contributed by atoms with Crippen molar-refractivity contribution >= 4 is 43.9 Å². The van der Waals surface area contributed by atoms with Crippen LogP contribution in [0.2, 0.25) is 0 Å². The fraction of sp³-hybridized carbons (Fsp3) is 0.0800. The summed E-state index contributed by atoms with van der Waals surface area (Å²) in [7, 11) is 2.06. The second-order valence-corrected chi connectivity index (χ2v) is 7.35. The van der Waals surface area contributed by atoms with Gasteiger partial charge in [-0.05, 0) is 36.8 Å². The highest BCUT2D eigenvalue weighted by molar-refractivity contribution is 6.20. The molecule has 0 aliphatic carbocycles. The average molecular weight is 364 g/mol. The van der Waals surface area contributed by atoms with Crippen molar-refractivity contribution in [2.75, 3.05) is 0 Å². The molecule has 0 radical (unpaired) electrons. The van der Waals surface area contributed by atoms with Gasteiger partial charge in [-0.1, -0.05) is 30.3 Å². The Hall–Kier alpha value is -3.59. The van der Waals surface area contributed by atoms with Crippen molar-refractivity contribution in [1.82, 2.24) is 0 Å². The first-order valence-corrected chi connectivity index (χ1v) is 9.43. The first-order valence-electron chi connectivity index (χ1n) is 9.43. The molecule has 0 saturated carbocycles. The minimum atomic E-state index is 0.814. The van der Waals surface area contributed by atoms with Gasteiger partial charge >= 0.3 is 0 Å². The number of aromatic nitrogens is 1. The Kier molecular flexibility index (Phi) is 3.01. The normalized spacial score (nSPS) is 11.9. The Morgan fingerprint density at radius 2 is 1.32 bits per heavy atom. The van der Waals surface area contributed by atoms with Crippen LogP contribution in [0.1, 0.15) is 5.56 Å². The van der Waals surface area contributed by atoms with Crippen LogP contribution in [0, 0.1) is 6.92 Å². The lowest BCUT2D eigenvalue weighted by Crippen LogP contribution is -2.30. The Labute approximate surface area is 161 Å². The molecule has 0 N–H and O–H groups in total. The monoisotopic (exact) mass is 364 g/mol. The van der Waals surface area contributed by atoms with Crippen LogP contribution in [0.4, 0.5) is 0 Å². The molecule has 134 valence electrons. The molecular weight excluding hydrogens is 346 g/mol. The second-order valence-electron chi connectivity index (χ2n) is 7.35. The summed E-state index contributed by atoms with van der Waals surface area (Å²) < 4.78 is 14.8. The highest BCUT2D eigenvalue weighted by Gasteiger charge is 2.22. The van der Waals surface area contributed by atoms with Crippen molar-refractivity contribution in [1.29, 1.82) is 0 Å². The number of fused-ring (bicyclic) bond motifs is 7. The largest absolute Gasteiger partial charge is 0.452 e. The standard InChI is InChI=1S/C25H18NO2/c1-15-10-11-18-19-13-12-17-16-7-3-4-9-21(16)27-24(17)25(19)28-23(18)22(15)20-8-5-6-14-26(20)2/h3-14H,1-2H3/q+1. The van der Waals surface area contributed by atoms with Crippen LogP contribution in [0.5, 0.6) is 0 Å². The van der Waals surface area contributed by atoms with E-state index in [1.54, 1.807) is 0 Å².